The smallest absolute Gasteiger partial charge is 0.261 e. The lowest BCUT2D eigenvalue weighted by Crippen LogP contribution is -2.68. The molecule has 0 radical (unpaired) electrons. The normalized spacial score (nSPS) is 22.2. The van der Waals surface area contributed by atoms with Crippen LogP contribution in [0.2, 0.25) is 5.04 Å². The van der Waals surface area contributed by atoms with Gasteiger partial charge in [0, 0.05) is 0 Å². The van der Waals surface area contributed by atoms with E-state index in [0.717, 1.165) is 27.2 Å². The van der Waals surface area contributed by atoms with Crippen molar-refractivity contribution in [3.8, 4) is 5.75 Å². The molecule has 1 aliphatic rings. The van der Waals surface area contributed by atoms with Crippen LogP contribution in [0, 0.1) is 0 Å². The molecule has 7 nitrogen and oxygen atoms in total. The number of aliphatic hydroxyl groups excluding tert-OH is 2. The van der Waals surface area contributed by atoms with Gasteiger partial charge in [0.05, 0.1) is 26.9 Å². The minimum atomic E-state index is -2.92. The maximum atomic E-state index is 11.8. The maximum Gasteiger partial charge on any atom is 0.261 e. The second-order valence-corrected chi connectivity index (χ2v) is 16.7. The van der Waals surface area contributed by atoms with Crippen molar-refractivity contribution in [2.75, 3.05) is 13.7 Å². The molecule has 1 saturated heterocycles. The first-order valence-corrected chi connectivity index (χ1v) is 17.3. The molecule has 0 saturated carbocycles. The molecule has 45 heavy (non-hydrogen) atoms. The molecule has 0 aliphatic carbocycles. The van der Waals surface area contributed by atoms with Gasteiger partial charge in [-0.2, -0.15) is 0 Å². The third kappa shape index (κ3) is 7.56. The fourth-order valence-corrected chi connectivity index (χ4v) is 10.6. The van der Waals surface area contributed by atoms with Crippen LogP contribution < -0.4 is 15.1 Å². The van der Waals surface area contributed by atoms with Gasteiger partial charge in [0.15, 0.2) is 6.29 Å². The van der Waals surface area contributed by atoms with E-state index in [-0.39, 0.29) is 24.9 Å². The van der Waals surface area contributed by atoms with Crippen LogP contribution in [0.25, 0.3) is 0 Å². The van der Waals surface area contributed by atoms with Crippen LogP contribution in [-0.2, 0) is 31.9 Å². The summed E-state index contributed by atoms with van der Waals surface area (Å²) in [7, 11) is -1.30. The average Bonchev–Trinajstić information content (AvgIpc) is 3.06. The number of methoxy groups -OCH3 is 1. The van der Waals surface area contributed by atoms with Gasteiger partial charge < -0.3 is 33.6 Å². The summed E-state index contributed by atoms with van der Waals surface area (Å²) in [6.07, 6.45) is -5.14. The van der Waals surface area contributed by atoms with E-state index >= 15 is 0 Å². The minimum absolute atomic E-state index is 0.0574. The highest BCUT2D eigenvalue weighted by atomic mass is 28.4. The first kappa shape index (κ1) is 33.0. The van der Waals surface area contributed by atoms with Crippen molar-refractivity contribution < 1.29 is 33.6 Å². The summed E-state index contributed by atoms with van der Waals surface area (Å²) >= 11 is 0. The lowest BCUT2D eigenvalue weighted by atomic mass is 9.98. The zero-order valence-corrected chi connectivity index (χ0v) is 27.4. The number of ether oxygens (including phenoxy) is 4. The van der Waals surface area contributed by atoms with E-state index < -0.39 is 39.0 Å². The Balaban J connectivity index is 1.40. The lowest BCUT2D eigenvalue weighted by molar-refractivity contribution is -0.306. The van der Waals surface area contributed by atoms with Gasteiger partial charge in [-0.05, 0) is 38.7 Å². The van der Waals surface area contributed by atoms with E-state index in [4.69, 9.17) is 23.4 Å². The Morgan fingerprint density at radius 1 is 0.667 bits per heavy atom. The molecule has 4 aromatic carbocycles. The maximum absolute atomic E-state index is 11.8. The van der Waals surface area contributed by atoms with Gasteiger partial charge in [-0.25, -0.2) is 0 Å². The molecule has 5 rings (SSSR count). The fraction of sp³-hybridized carbons (Fsp3) is 0.351. The summed E-state index contributed by atoms with van der Waals surface area (Å²) in [5, 5.41) is 25.1. The van der Waals surface area contributed by atoms with Gasteiger partial charge in [-0.1, -0.05) is 124 Å². The minimum Gasteiger partial charge on any atom is -0.497 e. The van der Waals surface area contributed by atoms with Gasteiger partial charge in [-0.3, -0.25) is 0 Å². The van der Waals surface area contributed by atoms with Crippen molar-refractivity contribution in [1.29, 1.82) is 0 Å². The van der Waals surface area contributed by atoms with Gasteiger partial charge in [0.25, 0.3) is 8.32 Å². The van der Waals surface area contributed by atoms with E-state index in [2.05, 4.69) is 45.0 Å². The molecule has 0 amide bonds. The Bertz CT molecular complexity index is 1410. The Kier molecular flexibility index (Phi) is 10.9. The summed E-state index contributed by atoms with van der Waals surface area (Å²) in [6, 6.07) is 37.8. The number of rotatable bonds is 12. The highest BCUT2D eigenvalue weighted by molar-refractivity contribution is 6.99. The molecule has 8 heteroatoms. The van der Waals surface area contributed by atoms with Crippen LogP contribution in [0.1, 0.15) is 31.9 Å². The molecular formula is C37H44O7Si. The van der Waals surface area contributed by atoms with Gasteiger partial charge in [0.1, 0.15) is 30.2 Å². The molecule has 1 aliphatic heterocycles. The largest absolute Gasteiger partial charge is 0.497 e. The first-order valence-electron chi connectivity index (χ1n) is 15.4. The van der Waals surface area contributed by atoms with E-state index in [0.29, 0.717) is 0 Å². The lowest BCUT2D eigenvalue weighted by Gasteiger charge is -2.46. The standard InChI is InChI=1S/C37H44O7Si/c1-37(2,3)45(30-16-10-6-11-17-30,31-18-12-7-13-19-31)43-26-32-33(38)34(41-24-27-14-8-5-9-15-27)35(36(39)44-32)42-25-28-20-22-29(40-4)23-21-28/h5-23,32-36,38-39H,24-26H2,1-4H3/t32?,33-,34-,35?,36+/m1/s1. The van der Waals surface area contributed by atoms with E-state index in [1.807, 2.05) is 91.0 Å². The van der Waals surface area contributed by atoms with Crippen molar-refractivity contribution in [3.05, 3.63) is 126 Å². The van der Waals surface area contributed by atoms with E-state index in [1.165, 1.54) is 0 Å². The molecule has 0 bridgehead atoms. The predicted octanol–water partition coefficient (Wildman–Crippen LogP) is 4.82. The van der Waals surface area contributed by atoms with E-state index in [1.54, 1.807) is 7.11 Å². The summed E-state index contributed by atoms with van der Waals surface area (Å²) in [5.74, 6) is 0.739. The second kappa shape index (κ2) is 14.8. The molecule has 2 unspecified atom stereocenters. The van der Waals surface area contributed by atoms with Crippen molar-refractivity contribution in [3.63, 3.8) is 0 Å². The number of hydrogen-bond donors (Lipinski definition) is 2. The molecule has 5 atom stereocenters. The van der Waals surface area contributed by atoms with Crippen LogP contribution in [0.15, 0.2) is 115 Å². The molecule has 0 aromatic heterocycles. The summed E-state index contributed by atoms with van der Waals surface area (Å²) in [4.78, 5) is 0. The summed E-state index contributed by atoms with van der Waals surface area (Å²) < 4.78 is 30.9. The Hall–Kier alpha value is -3.34. The van der Waals surface area contributed by atoms with Crippen LogP contribution in [0.5, 0.6) is 5.75 Å². The average molecular weight is 629 g/mol. The molecule has 2 N–H and O–H groups in total. The second-order valence-electron chi connectivity index (χ2n) is 12.4. The molecule has 4 aromatic rings. The third-order valence-corrected chi connectivity index (χ3v) is 13.4. The van der Waals surface area contributed by atoms with Crippen molar-refractivity contribution in [2.24, 2.45) is 0 Å². The predicted molar refractivity (Wildman–Crippen MR) is 177 cm³/mol. The van der Waals surface area contributed by atoms with Crippen molar-refractivity contribution in [2.45, 2.75) is 69.7 Å². The highest BCUT2D eigenvalue weighted by Gasteiger charge is 2.52. The quantitative estimate of drug-likeness (QED) is 0.218. The van der Waals surface area contributed by atoms with Crippen molar-refractivity contribution in [1.82, 2.24) is 0 Å². The molecule has 1 heterocycles. The topological polar surface area (TPSA) is 86.6 Å². The van der Waals surface area contributed by atoms with Gasteiger partial charge in [-0.15, -0.1) is 0 Å². The van der Waals surface area contributed by atoms with Crippen molar-refractivity contribution >= 4 is 18.7 Å². The Morgan fingerprint density at radius 2 is 1.16 bits per heavy atom. The Labute approximate surface area is 267 Å². The summed E-state index contributed by atoms with van der Waals surface area (Å²) in [6.45, 7) is 7.07. The highest BCUT2D eigenvalue weighted by Crippen LogP contribution is 2.37. The number of benzene rings is 4. The SMILES string of the molecule is COc1ccc(COC2[C@@H](O)OC(CO[Si](c3ccccc3)(c3ccccc3)C(C)(C)C)[C@@H](O)[C@H]2OCc2ccccc2)cc1. The first-order chi connectivity index (χ1) is 21.7. The molecule has 238 valence electrons. The zero-order valence-electron chi connectivity index (χ0n) is 26.4. The van der Waals surface area contributed by atoms with E-state index in [9.17, 15) is 10.2 Å². The fourth-order valence-electron chi connectivity index (χ4n) is 6.06. The van der Waals surface area contributed by atoms with Gasteiger partial charge >= 0.3 is 0 Å². The zero-order chi connectivity index (χ0) is 31.9. The number of aliphatic hydroxyl groups is 2. The number of hydrogen-bond acceptors (Lipinski definition) is 7. The van der Waals surface area contributed by atoms with Crippen LogP contribution in [0.3, 0.4) is 0 Å². The monoisotopic (exact) mass is 628 g/mol. The Morgan fingerprint density at radius 3 is 1.67 bits per heavy atom. The summed E-state index contributed by atoms with van der Waals surface area (Å²) in [5.41, 5.74) is 1.83. The van der Waals surface area contributed by atoms with Gasteiger partial charge in [0.2, 0.25) is 0 Å². The molecule has 1 fully saturated rings. The molecular weight excluding hydrogens is 584 g/mol. The van der Waals surface area contributed by atoms with Crippen LogP contribution >= 0.6 is 0 Å². The molecule has 0 spiro atoms. The third-order valence-electron chi connectivity index (χ3n) is 8.40. The van der Waals surface area contributed by atoms with Crippen LogP contribution in [-0.4, -0.2) is 63.0 Å². The van der Waals surface area contributed by atoms with Crippen LogP contribution in [0.4, 0.5) is 0 Å².